The summed E-state index contributed by atoms with van der Waals surface area (Å²) in [6.07, 6.45) is 0. The highest BCUT2D eigenvalue weighted by atomic mass is 127. The van der Waals surface area contributed by atoms with Crippen molar-refractivity contribution >= 4 is 46.8 Å². The molecule has 4 heteroatoms. The highest BCUT2D eigenvalue weighted by molar-refractivity contribution is 14.1. The van der Waals surface area contributed by atoms with Crippen LogP contribution in [0.3, 0.4) is 0 Å². The molecule has 0 aliphatic heterocycles. The van der Waals surface area contributed by atoms with Gasteiger partial charge in [0, 0.05) is 21.1 Å². The highest BCUT2D eigenvalue weighted by Crippen LogP contribution is 2.20. The van der Waals surface area contributed by atoms with Crippen molar-refractivity contribution in [2.45, 2.75) is 11.8 Å². The van der Waals surface area contributed by atoms with Gasteiger partial charge in [0.15, 0.2) is 0 Å². The number of nitrogens with one attached hydrogen (secondary N) is 1. The van der Waals surface area contributed by atoms with E-state index < -0.39 is 0 Å². The summed E-state index contributed by atoms with van der Waals surface area (Å²) in [6, 6.07) is 5.56. The first-order chi connectivity index (χ1) is 5.59. The van der Waals surface area contributed by atoms with E-state index in [1.165, 1.54) is 6.92 Å². The van der Waals surface area contributed by atoms with Gasteiger partial charge in [0.2, 0.25) is 5.91 Å². The molecule has 0 aromatic heterocycles. The van der Waals surface area contributed by atoms with Gasteiger partial charge in [0.1, 0.15) is 0 Å². The van der Waals surface area contributed by atoms with Crippen LogP contribution in [0.25, 0.3) is 0 Å². The van der Waals surface area contributed by atoms with E-state index in [0.717, 1.165) is 14.2 Å². The second-order valence-corrected chi connectivity index (χ2v) is 3.99. The van der Waals surface area contributed by atoms with Crippen molar-refractivity contribution in [2.24, 2.45) is 0 Å². The zero-order chi connectivity index (χ0) is 9.14. The number of halogens is 1. The van der Waals surface area contributed by atoms with Gasteiger partial charge in [-0.05, 0) is 40.8 Å². The Morgan fingerprint density at radius 2 is 2.25 bits per heavy atom. The fourth-order valence-electron chi connectivity index (χ4n) is 0.788. The normalized spacial score (nSPS) is 9.58. The van der Waals surface area contributed by atoms with Crippen molar-refractivity contribution < 1.29 is 4.79 Å². The van der Waals surface area contributed by atoms with Crippen LogP contribution in [-0.4, -0.2) is 5.91 Å². The SMILES string of the molecule is CC(=O)Nc1ccc(S)c(I)c1. The molecule has 0 bridgehead atoms. The molecule has 12 heavy (non-hydrogen) atoms. The van der Waals surface area contributed by atoms with E-state index in [9.17, 15) is 4.79 Å². The van der Waals surface area contributed by atoms with E-state index >= 15 is 0 Å². The molecule has 0 heterocycles. The average Bonchev–Trinajstić information content (AvgIpc) is 1.96. The molecule has 1 aromatic rings. The van der Waals surface area contributed by atoms with Crippen molar-refractivity contribution in [3.05, 3.63) is 21.8 Å². The van der Waals surface area contributed by atoms with E-state index in [1.807, 2.05) is 18.2 Å². The van der Waals surface area contributed by atoms with Crippen LogP contribution in [0.1, 0.15) is 6.92 Å². The first-order valence-electron chi connectivity index (χ1n) is 3.35. The second-order valence-electron chi connectivity index (χ2n) is 2.35. The summed E-state index contributed by atoms with van der Waals surface area (Å²) in [5.41, 5.74) is 0.810. The van der Waals surface area contributed by atoms with E-state index in [2.05, 4.69) is 40.5 Å². The number of amides is 1. The summed E-state index contributed by atoms with van der Waals surface area (Å²) in [6.45, 7) is 1.49. The Hall–Kier alpha value is -0.230. The third-order valence-electron chi connectivity index (χ3n) is 1.27. The molecule has 64 valence electrons. The van der Waals surface area contributed by atoms with Crippen LogP contribution < -0.4 is 5.32 Å². The van der Waals surface area contributed by atoms with E-state index in [0.29, 0.717) is 0 Å². The molecule has 2 nitrogen and oxygen atoms in total. The average molecular weight is 293 g/mol. The Labute approximate surface area is 90.3 Å². The molecule has 0 radical (unpaired) electrons. The van der Waals surface area contributed by atoms with Crippen LogP contribution in [-0.2, 0) is 4.79 Å². The molecule has 0 spiro atoms. The maximum atomic E-state index is 10.7. The first kappa shape index (κ1) is 9.85. The van der Waals surface area contributed by atoms with Crippen LogP contribution in [0.2, 0.25) is 0 Å². The minimum atomic E-state index is -0.0577. The summed E-state index contributed by atoms with van der Waals surface area (Å²) >= 11 is 6.38. The lowest BCUT2D eigenvalue weighted by Crippen LogP contribution is -2.05. The standard InChI is InChI=1S/C8H8INOS/c1-5(11)10-6-2-3-8(12)7(9)4-6/h2-4,12H,1H3,(H,10,11). The Kier molecular flexibility index (Phi) is 3.39. The van der Waals surface area contributed by atoms with E-state index in [1.54, 1.807) is 0 Å². The number of carbonyl (C=O) groups is 1. The van der Waals surface area contributed by atoms with Crippen LogP contribution in [0, 0.1) is 3.57 Å². The van der Waals surface area contributed by atoms with E-state index in [4.69, 9.17) is 0 Å². The van der Waals surface area contributed by atoms with Crippen molar-refractivity contribution in [2.75, 3.05) is 5.32 Å². The molecular formula is C8H8INOS. The van der Waals surface area contributed by atoms with Gasteiger partial charge < -0.3 is 5.32 Å². The zero-order valence-electron chi connectivity index (χ0n) is 6.47. The maximum absolute atomic E-state index is 10.7. The van der Waals surface area contributed by atoms with Crippen LogP contribution >= 0.6 is 35.2 Å². The minimum Gasteiger partial charge on any atom is -0.326 e. The fourth-order valence-corrected chi connectivity index (χ4v) is 1.44. The van der Waals surface area contributed by atoms with Crippen LogP contribution in [0.15, 0.2) is 23.1 Å². The largest absolute Gasteiger partial charge is 0.326 e. The predicted molar refractivity (Wildman–Crippen MR) is 60.7 cm³/mol. The van der Waals surface area contributed by atoms with Gasteiger partial charge >= 0.3 is 0 Å². The van der Waals surface area contributed by atoms with Gasteiger partial charge in [0.25, 0.3) is 0 Å². The molecular weight excluding hydrogens is 285 g/mol. The molecule has 0 saturated carbocycles. The van der Waals surface area contributed by atoms with Crippen molar-refractivity contribution in [1.82, 2.24) is 0 Å². The molecule has 0 aliphatic rings. The number of benzene rings is 1. The summed E-state index contributed by atoms with van der Waals surface area (Å²) in [4.78, 5) is 11.6. The number of anilines is 1. The van der Waals surface area contributed by atoms with Crippen molar-refractivity contribution in [3.8, 4) is 0 Å². The predicted octanol–water partition coefficient (Wildman–Crippen LogP) is 2.54. The van der Waals surface area contributed by atoms with Crippen molar-refractivity contribution in [3.63, 3.8) is 0 Å². The second kappa shape index (κ2) is 4.13. The number of thiol groups is 1. The van der Waals surface area contributed by atoms with Crippen LogP contribution in [0.5, 0.6) is 0 Å². The molecule has 1 aromatic carbocycles. The Balaban J connectivity index is 2.89. The number of hydrogen-bond donors (Lipinski definition) is 2. The smallest absolute Gasteiger partial charge is 0.221 e. The fraction of sp³-hybridized carbons (Fsp3) is 0.125. The molecule has 0 aliphatic carbocycles. The monoisotopic (exact) mass is 293 g/mol. The molecule has 0 atom stereocenters. The Bertz CT molecular complexity index is 314. The number of carbonyl (C=O) groups excluding carboxylic acids is 1. The third-order valence-corrected chi connectivity index (χ3v) is 2.98. The quantitative estimate of drug-likeness (QED) is 0.604. The molecule has 1 rings (SSSR count). The summed E-state index contributed by atoms with van der Waals surface area (Å²) in [7, 11) is 0. The lowest BCUT2D eigenvalue weighted by molar-refractivity contribution is -0.114. The number of hydrogen-bond acceptors (Lipinski definition) is 2. The zero-order valence-corrected chi connectivity index (χ0v) is 9.52. The molecule has 1 N–H and O–H groups in total. The van der Waals surface area contributed by atoms with E-state index in [-0.39, 0.29) is 5.91 Å². The topological polar surface area (TPSA) is 29.1 Å². The minimum absolute atomic E-state index is 0.0577. The van der Waals surface area contributed by atoms with Gasteiger partial charge in [0.05, 0.1) is 0 Å². The molecule has 0 saturated heterocycles. The summed E-state index contributed by atoms with van der Waals surface area (Å²) < 4.78 is 1.03. The molecule has 1 amide bonds. The van der Waals surface area contributed by atoms with Gasteiger partial charge in [-0.3, -0.25) is 4.79 Å². The van der Waals surface area contributed by atoms with Crippen LogP contribution in [0.4, 0.5) is 5.69 Å². The number of rotatable bonds is 1. The van der Waals surface area contributed by atoms with Gasteiger partial charge in [-0.1, -0.05) is 0 Å². The van der Waals surface area contributed by atoms with Gasteiger partial charge in [-0.25, -0.2) is 0 Å². The lowest BCUT2D eigenvalue weighted by Gasteiger charge is -2.03. The summed E-state index contributed by atoms with van der Waals surface area (Å²) in [5.74, 6) is -0.0577. The highest BCUT2D eigenvalue weighted by Gasteiger charge is 1.98. The van der Waals surface area contributed by atoms with Gasteiger partial charge in [-0.15, -0.1) is 12.6 Å². The van der Waals surface area contributed by atoms with Crippen molar-refractivity contribution in [1.29, 1.82) is 0 Å². The maximum Gasteiger partial charge on any atom is 0.221 e. The summed E-state index contributed by atoms with van der Waals surface area (Å²) in [5, 5.41) is 2.70. The first-order valence-corrected chi connectivity index (χ1v) is 4.88. The third kappa shape index (κ3) is 2.67. The van der Waals surface area contributed by atoms with Gasteiger partial charge in [-0.2, -0.15) is 0 Å². The molecule has 0 fully saturated rings. The lowest BCUT2D eigenvalue weighted by atomic mass is 10.3. The Morgan fingerprint density at radius 3 is 2.75 bits per heavy atom. The Morgan fingerprint density at radius 1 is 1.58 bits per heavy atom. The molecule has 0 unspecified atom stereocenters.